The van der Waals surface area contributed by atoms with E-state index in [-0.39, 0.29) is 12.1 Å². The molecule has 0 saturated carbocycles. The minimum Gasteiger partial charge on any atom is -0.354 e. The number of nitrogens with zero attached hydrogens (tertiary/aromatic N) is 4. The fourth-order valence-corrected chi connectivity index (χ4v) is 3.39. The van der Waals surface area contributed by atoms with E-state index in [2.05, 4.69) is 20.3 Å². The molecule has 0 radical (unpaired) electrons. The first kappa shape index (κ1) is 17.8. The number of nitrogens with one attached hydrogen (secondary N) is 1. The average molecular weight is 394 g/mol. The monoisotopic (exact) mass is 393 g/mol. The van der Waals surface area contributed by atoms with E-state index in [1.807, 2.05) is 4.57 Å². The molecule has 140 valence electrons. The van der Waals surface area contributed by atoms with Gasteiger partial charge in [0.15, 0.2) is 5.49 Å². The summed E-state index contributed by atoms with van der Waals surface area (Å²) in [6.45, 7) is 3.03. The quantitative estimate of drug-likeness (QED) is 0.671. The number of halogens is 4. The Morgan fingerprint density at radius 1 is 1.33 bits per heavy atom. The molecule has 1 aromatic carbocycles. The van der Waals surface area contributed by atoms with Gasteiger partial charge in [-0.15, -0.1) is 0 Å². The highest BCUT2D eigenvalue weighted by Gasteiger charge is 2.32. The summed E-state index contributed by atoms with van der Waals surface area (Å²) in [7, 11) is 0. The molecule has 0 aliphatic carbocycles. The van der Waals surface area contributed by atoms with Gasteiger partial charge in [-0.25, -0.2) is 4.98 Å². The van der Waals surface area contributed by atoms with Crippen LogP contribution in [0.1, 0.15) is 16.7 Å². The molecule has 2 aromatic heterocycles. The van der Waals surface area contributed by atoms with E-state index in [0.29, 0.717) is 27.5 Å². The number of alkyl halides is 3. The summed E-state index contributed by atoms with van der Waals surface area (Å²) in [5, 5.41) is 4.19. The maximum absolute atomic E-state index is 13.1. The van der Waals surface area contributed by atoms with Gasteiger partial charge in [-0.3, -0.25) is 4.99 Å². The highest BCUT2D eigenvalue weighted by molar-refractivity contribution is 6.30. The van der Waals surface area contributed by atoms with E-state index in [1.165, 1.54) is 13.0 Å². The second-order valence-corrected chi connectivity index (χ2v) is 6.65. The Bertz CT molecular complexity index is 1100. The second-order valence-electron chi connectivity index (χ2n) is 6.27. The third kappa shape index (κ3) is 3.25. The summed E-state index contributed by atoms with van der Waals surface area (Å²) >= 11 is 6.02. The Hall–Kier alpha value is -2.61. The van der Waals surface area contributed by atoms with Crippen LogP contribution >= 0.6 is 11.6 Å². The molecule has 0 bridgehead atoms. The number of benzene rings is 1. The van der Waals surface area contributed by atoms with Crippen molar-refractivity contribution in [1.82, 2.24) is 14.5 Å². The van der Waals surface area contributed by atoms with Gasteiger partial charge in [0.1, 0.15) is 5.15 Å². The highest BCUT2D eigenvalue weighted by Crippen LogP contribution is 2.33. The molecule has 5 nitrogen and oxygen atoms in total. The normalized spacial score (nSPS) is 14.5. The number of rotatable bonds is 2. The predicted octanol–water partition coefficient (Wildman–Crippen LogP) is 3.94. The maximum Gasteiger partial charge on any atom is 0.416 e. The van der Waals surface area contributed by atoms with Crippen LogP contribution in [-0.2, 0) is 19.3 Å². The number of hydrogen-bond donors (Lipinski definition) is 1. The Kier molecular flexibility index (Phi) is 4.30. The van der Waals surface area contributed by atoms with E-state index in [0.717, 1.165) is 24.7 Å². The Morgan fingerprint density at radius 2 is 2.15 bits per heavy atom. The molecule has 0 fully saturated rings. The number of anilines is 1. The number of hydrogen-bond acceptors (Lipinski definition) is 4. The molecule has 27 heavy (non-hydrogen) atoms. The Balaban J connectivity index is 1.83. The molecule has 1 N–H and O–H groups in total. The molecule has 3 aromatic rings. The van der Waals surface area contributed by atoms with Crippen molar-refractivity contribution in [3.8, 4) is 0 Å². The van der Waals surface area contributed by atoms with Crippen molar-refractivity contribution in [2.75, 3.05) is 11.9 Å². The van der Waals surface area contributed by atoms with Gasteiger partial charge in [0, 0.05) is 18.5 Å². The van der Waals surface area contributed by atoms with E-state index < -0.39 is 11.7 Å². The summed E-state index contributed by atoms with van der Waals surface area (Å²) in [4.78, 5) is 13.1. The standard InChI is InChI=1S/C18H15ClF3N5/c1-10-11(3-2-4-13(10)18(20,21)22)8-25-16-12-7-15(19)24-9-14(12)27-6-5-23-17(27)26-16/h2-4,7,9H,5-6,8H2,1H3,(H,23,25,26). The molecular weight excluding hydrogens is 379 g/mol. The molecule has 1 aliphatic rings. The molecule has 9 heteroatoms. The minimum absolute atomic E-state index is 0.0846. The second kappa shape index (κ2) is 6.53. The highest BCUT2D eigenvalue weighted by atomic mass is 35.5. The van der Waals surface area contributed by atoms with Crippen LogP contribution in [0.25, 0.3) is 10.9 Å². The van der Waals surface area contributed by atoms with Gasteiger partial charge < -0.3 is 9.88 Å². The largest absolute Gasteiger partial charge is 0.416 e. The van der Waals surface area contributed by atoms with Crippen LogP contribution in [0.3, 0.4) is 0 Å². The number of pyridine rings is 1. The van der Waals surface area contributed by atoms with Crippen LogP contribution in [-0.4, -0.2) is 21.1 Å². The van der Waals surface area contributed by atoms with Crippen molar-refractivity contribution in [3.63, 3.8) is 0 Å². The first-order valence-electron chi connectivity index (χ1n) is 8.31. The molecule has 0 unspecified atom stereocenters. The van der Waals surface area contributed by atoms with Gasteiger partial charge in [-0.1, -0.05) is 23.7 Å². The number of fused-ring (bicyclic) bond motifs is 3. The molecule has 3 heterocycles. The van der Waals surface area contributed by atoms with Crippen molar-refractivity contribution < 1.29 is 13.2 Å². The molecular formula is C18H15ClF3N5. The molecule has 0 amide bonds. The van der Waals surface area contributed by atoms with E-state index in [4.69, 9.17) is 11.6 Å². The average Bonchev–Trinajstić information content (AvgIpc) is 3.08. The lowest BCUT2D eigenvalue weighted by molar-refractivity contribution is -0.138. The zero-order valence-corrected chi connectivity index (χ0v) is 15.1. The van der Waals surface area contributed by atoms with Crippen molar-refractivity contribution >= 4 is 28.5 Å². The fraction of sp³-hybridized carbons (Fsp3) is 0.278. The van der Waals surface area contributed by atoms with Gasteiger partial charge in [0.05, 0.1) is 23.8 Å². The first-order chi connectivity index (χ1) is 12.8. The van der Waals surface area contributed by atoms with Crippen LogP contribution in [0, 0.1) is 6.92 Å². The Labute approximate surface area is 157 Å². The van der Waals surface area contributed by atoms with Crippen LogP contribution < -0.4 is 10.8 Å². The van der Waals surface area contributed by atoms with Crippen molar-refractivity contribution in [3.05, 3.63) is 57.8 Å². The SMILES string of the molecule is Cc1c(CN=c2nc3n(c4cnc(Cl)cc24)CCN3)cccc1C(F)(F)F. The zero-order chi connectivity index (χ0) is 19.2. The van der Waals surface area contributed by atoms with Crippen LogP contribution in [0.5, 0.6) is 0 Å². The molecule has 0 spiro atoms. The summed E-state index contributed by atoms with van der Waals surface area (Å²) < 4.78 is 41.3. The predicted molar refractivity (Wildman–Crippen MR) is 96.5 cm³/mol. The van der Waals surface area contributed by atoms with Crippen LogP contribution in [0.4, 0.5) is 19.1 Å². The zero-order valence-electron chi connectivity index (χ0n) is 14.3. The summed E-state index contributed by atoms with van der Waals surface area (Å²) in [5.74, 6) is 0.658. The van der Waals surface area contributed by atoms with Crippen molar-refractivity contribution in [2.45, 2.75) is 26.2 Å². The third-order valence-electron chi connectivity index (χ3n) is 4.62. The third-order valence-corrected chi connectivity index (χ3v) is 4.82. The topological polar surface area (TPSA) is 55.1 Å². The molecule has 0 saturated heterocycles. The van der Waals surface area contributed by atoms with Crippen LogP contribution in [0.2, 0.25) is 5.15 Å². The molecule has 1 aliphatic heterocycles. The number of aromatic nitrogens is 3. The lowest BCUT2D eigenvalue weighted by atomic mass is 10.0. The van der Waals surface area contributed by atoms with Gasteiger partial charge in [-0.2, -0.15) is 18.2 Å². The smallest absolute Gasteiger partial charge is 0.354 e. The van der Waals surface area contributed by atoms with Crippen LogP contribution in [0.15, 0.2) is 35.5 Å². The molecule has 0 atom stereocenters. The fourth-order valence-electron chi connectivity index (χ4n) is 3.24. The lowest BCUT2D eigenvalue weighted by Gasteiger charge is -2.13. The Morgan fingerprint density at radius 3 is 2.93 bits per heavy atom. The summed E-state index contributed by atoms with van der Waals surface area (Å²) in [5.41, 5.74) is 1.28. The lowest BCUT2D eigenvalue weighted by Crippen LogP contribution is -2.16. The maximum atomic E-state index is 13.1. The van der Waals surface area contributed by atoms with Gasteiger partial charge in [0.2, 0.25) is 5.95 Å². The van der Waals surface area contributed by atoms with E-state index in [9.17, 15) is 13.2 Å². The minimum atomic E-state index is -4.39. The summed E-state index contributed by atoms with van der Waals surface area (Å²) in [6.07, 6.45) is -2.73. The van der Waals surface area contributed by atoms with Gasteiger partial charge >= 0.3 is 6.18 Å². The van der Waals surface area contributed by atoms with E-state index >= 15 is 0 Å². The van der Waals surface area contributed by atoms with Crippen molar-refractivity contribution in [2.24, 2.45) is 4.99 Å². The first-order valence-corrected chi connectivity index (χ1v) is 8.68. The van der Waals surface area contributed by atoms with E-state index in [1.54, 1.807) is 18.3 Å². The van der Waals surface area contributed by atoms with Gasteiger partial charge in [0.25, 0.3) is 0 Å². The van der Waals surface area contributed by atoms with Crippen molar-refractivity contribution in [1.29, 1.82) is 0 Å². The van der Waals surface area contributed by atoms with Gasteiger partial charge in [-0.05, 0) is 30.2 Å². The summed E-state index contributed by atoms with van der Waals surface area (Å²) in [6, 6.07) is 5.79. The molecule has 4 rings (SSSR count).